The third kappa shape index (κ3) is 4.25. The molecular weight excluding hydrogens is 224 g/mol. The van der Waals surface area contributed by atoms with E-state index in [0.29, 0.717) is 6.42 Å². The zero-order valence-corrected chi connectivity index (χ0v) is 9.95. The molecule has 0 aromatic heterocycles. The van der Waals surface area contributed by atoms with Crippen LogP contribution < -0.4 is 5.32 Å². The molecular formula is C11H15BClNO2. The van der Waals surface area contributed by atoms with Crippen molar-refractivity contribution in [1.82, 2.24) is 5.32 Å². The van der Waals surface area contributed by atoms with E-state index in [-0.39, 0.29) is 17.7 Å². The number of halogens is 1. The summed E-state index contributed by atoms with van der Waals surface area (Å²) in [6.45, 7) is 0. The van der Waals surface area contributed by atoms with E-state index in [1.807, 2.05) is 30.3 Å². The van der Waals surface area contributed by atoms with Gasteiger partial charge in [0.25, 0.3) is 0 Å². The normalized spacial score (nSPS) is 14.1. The Labute approximate surface area is 101 Å². The van der Waals surface area contributed by atoms with E-state index in [0.717, 1.165) is 5.56 Å². The first-order chi connectivity index (χ1) is 7.63. The Hall–Kier alpha value is -0.995. The number of rotatable bonds is 5. The maximum absolute atomic E-state index is 11.0. The second-order valence-corrected chi connectivity index (χ2v) is 4.03. The summed E-state index contributed by atoms with van der Waals surface area (Å²) in [6, 6.07) is 9.35. The largest absolute Gasteiger partial charge is 0.390 e. The monoisotopic (exact) mass is 239 g/mol. The highest BCUT2D eigenvalue weighted by molar-refractivity contribution is 6.57. The lowest BCUT2D eigenvalue weighted by Gasteiger charge is -2.22. The van der Waals surface area contributed by atoms with E-state index in [2.05, 4.69) is 5.32 Å². The third-order valence-corrected chi connectivity index (χ3v) is 2.63. The van der Waals surface area contributed by atoms with Gasteiger partial charge in [0.05, 0.1) is 18.0 Å². The summed E-state index contributed by atoms with van der Waals surface area (Å²) in [4.78, 5) is 11.0. The molecule has 0 saturated heterocycles. The number of alkyl halides is 1. The van der Waals surface area contributed by atoms with Crippen molar-refractivity contribution in [2.24, 2.45) is 0 Å². The maximum atomic E-state index is 11.0. The average molecular weight is 240 g/mol. The first kappa shape index (κ1) is 13.1. The lowest BCUT2D eigenvalue weighted by atomic mass is 10.00. The molecule has 0 aliphatic carbocycles. The molecule has 1 rings (SSSR count). The van der Waals surface area contributed by atoms with Gasteiger partial charge in [0.1, 0.15) is 0 Å². The average Bonchev–Trinajstić information content (AvgIpc) is 2.28. The first-order valence-corrected chi connectivity index (χ1v) is 5.72. The molecule has 3 nitrogen and oxygen atoms in total. The fourth-order valence-electron chi connectivity index (χ4n) is 1.52. The number of aliphatic hydroxyl groups is 1. The molecule has 0 aliphatic rings. The van der Waals surface area contributed by atoms with Gasteiger partial charge < -0.3 is 10.4 Å². The molecule has 0 heterocycles. The van der Waals surface area contributed by atoms with Crippen molar-refractivity contribution in [3.63, 3.8) is 0 Å². The van der Waals surface area contributed by atoms with Crippen LogP contribution in [-0.4, -0.2) is 36.8 Å². The molecule has 16 heavy (non-hydrogen) atoms. The van der Waals surface area contributed by atoms with Crippen molar-refractivity contribution in [1.29, 1.82) is 0 Å². The highest BCUT2D eigenvalue weighted by Crippen LogP contribution is 2.07. The number of hydrogen-bond acceptors (Lipinski definition) is 2. The fourth-order valence-corrected chi connectivity index (χ4v) is 1.73. The van der Waals surface area contributed by atoms with Gasteiger partial charge in [-0.1, -0.05) is 30.3 Å². The molecule has 86 valence electrons. The van der Waals surface area contributed by atoms with Crippen LogP contribution in [0.4, 0.5) is 4.79 Å². The van der Waals surface area contributed by atoms with E-state index >= 15 is 0 Å². The van der Waals surface area contributed by atoms with Crippen LogP contribution in [0.1, 0.15) is 5.56 Å². The molecule has 0 spiro atoms. The number of carbonyl (C=O) groups excluding carboxylic acids is 1. The predicted molar refractivity (Wildman–Crippen MR) is 67.7 cm³/mol. The van der Waals surface area contributed by atoms with E-state index in [9.17, 15) is 9.90 Å². The van der Waals surface area contributed by atoms with Gasteiger partial charge >= 0.3 is 0 Å². The van der Waals surface area contributed by atoms with Crippen LogP contribution in [-0.2, 0) is 6.42 Å². The van der Waals surface area contributed by atoms with Crippen molar-refractivity contribution in [2.75, 3.05) is 5.88 Å². The Morgan fingerprint density at radius 2 is 2.06 bits per heavy atom. The number of hydrogen-bond donors (Lipinski definition) is 2. The summed E-state index contributed by atoms with van der Waals surface area (Å²) in [6.07, 6.45) is -0.153. The zero-order valence-electron chi connectivity index (χ0n) is 9.19. The molecule has 0 radical (unpaired) electrons. The van der Waals surface area contributed by atoms with E-state index in [4.69, 9.17) is 11.6 Å². The van der Waals surface area contributed by atoms with Crippen LogP contribution in [0, 0.1) is 0 Å². The molecule has 5 heteroatoms. The summed E-state index contributed by atoms with van der Waals surface area (Å²) in [5, 5.41) is 12.4. The summed E-state index contributed by atoms with van der Waals surface area (Å²) >= 11 is 5.60. The van der Waals surface area contributed by atoms with E-state index in [1.54, 1.807) is 0 Å². The van der Waals surface area contributed by atoms with Gasteiger partial charge in [-0.15, -0.1) is 11.6 Å². The Morgan fingerprint density at radius 3 is 2.56 bits per heavy atom. The van der Waals surface area contributed by atoms with Crippen LogP contribution in [0.3, 0.4) is 0 Å². The standard InChI is InChI=1S/C11H15BClNO2/c12-11(16)14-9(10(15)7-13)6-8-4-2-1-3-5-8/h1-5,9-10,15H,6-7,12H2,(H,14,16)/t9-,10+/m1/s1. The minimum atomic E-state index is -0.731. The Balaban J connectivity index is 2.67. The Morgan fingerprint density at radius 1 is 1.44 bits per heavy atom. The van der Waals surface area contributed by atoms with Crippen LogP contribution in [0.25, 0.3) is 0 Å². The number of amides is 1. The predicted octanol–water partition coefficient (Wildman–Crippen LogP) is 0.540. The zero-order chi connectivity index (χ0) is 12.0. The van der Waals surface area contributed by atoms with Crippen LogP contribution in [0.15, 0.2) is 30.3 Å². The highest BCUT2D eigenvalue weighted by Gasteiger charge is 2.19. The second kappa shape index (κ2) is 6.56. The SMILES string of the molecule is BC(=O)N[C@H](Cc1ccccc1)[C@@H](O)CCl. The fraction of sp³-hybridized carbons (Fsp3) is 0.364. The van der Waals surface area contributed by atoms with Gasteiger partial charge in [-0.2, -0.15) is 0 Å². The maximum Gasteiger partial charge on any atom is 0.215 e. The first-order valence-electron chi connectivity index (χ1n) is 5.18. The van der Waals surface area contributed by atoms with Gasteiger partial charge in [-0.05, 0) is 12.0 Å². The quantitative estimate of drug-likeness (QED) is 0.582. The van der Waals surface area contributed by atoms with Crippen LogP contribution in [0.5, 0.6) is 0 Å². The molecule has 1 aromatic carbocycles. The Bertz CT molecular complexity index is 334. The minimum Gasteiger partial charge on any atom is -0.390 e. The van der Waals surface area contributed by atoms with Gasteiger partial charge in [0.15, 0.2) is 5.81 Å². The van der Waals surface area contributed by atoms with Crippen molar-refractivity contribution in [3.8, 4) is 0 Å². The molecule has 2 N–H and O–H groups in total. The summed E-state index contributed by atoms with van der Waals surface area (Å²) in [5.41, 5.74) is 1.06. The third-order valence-electron chi connectivity index (χ3n) is 2.31. The molecule has 0 unspecified atom stereocenters. The van der Waals surface area contributed by atoms with Crippen LogP contribution >= 0.6 is 11.6 Å². The number of carbonyl (C=O) groups is 1. The molecule has 0 saturated carbocycles. The Kier molecular flexibility index (Phi) is 5.36. The molecule has 1 aromatic rings. The van der Waals surface area contributed by atoms with Crippen molar-refractivity contribution < 1.29 is 9.90 Å². The minimum absolute atomic E-state index is 0.109. The smallest absolute Gasteiger partial charge is 0.215 e. The molecule has 2 atom stereocenters. The number of nitrogens with one attached hydrogen (secondary N) is 1. The lowest BCUT2D eigenvalue weighted by molar-refractivity contribution is 0.151. The number of aliphatic hydroxyl groups excluding tert-OH is 1. The molecule has 0 bridgehead atoms. The number of benzene rings is 1. The second-order valence-electron chi connectivity index (χ2n) is 3.72. The van der Waals surface area contributed by atoms with Gasteiger partial charge in [-0.3, -0.25) is 4.79 Å². The van der Waals surface area contributed by atoms with Gasteiger partial charge in [0.2, 0.25) is 7.85 Å². The summed E-state index contributed by atoms with van der Waals surface area (Å²) < 4.78 is 0. The van der Waals surface area contributed by atoms with Crippen molar-refractivity contribution in [3.05, 3.63) is 35.9 Å². The van der Waals surface area contributed by atoms with E-state index < -0.39 is 6.10 Å². The summed E-state index contributed by atoms with van der Waals surface area (Å²) in [5.74, 6) is -0.0530. The van der Waals surface area contributed by atoms with Crippen LogP contribution in [0.2, 0.25) is 0 Å². The van der Waals surface area contributed by atoms with Crippen molar-refractivity contribution in [2.45, 2.75) is 18.6 Å². The molecule has 1 amide bonds. The highest BCUT2D eigenvalue weighted by atomic mass is 35.5. The van der Waals surface area contributed by atoms with E-state index in [1.165, 1.54) is 7.85 Å². The molecule has 0 aliphatic heterocycles. The molecule has 0 fully saturated rings. The van der Waals surface area contributed by atoms with Gasteiger partial charge in [-0.25, -0.2) is 0 Å². The topological polar surface area (TPSA) is 49.3 Å². The van der Waals surface area contributed by atoms with Crippen molar-refractivity contribution >= 4 is 25.3 Å². The van der Waals surface area contributed by atoms with Gasteiger partial charge in [0, 0.05) is 0 Å². The lowest BCUT2D eigenvalue weighted by Crippen LogP contribution is -2.45. The summed E-state index contributed by atoms with van der Waals surface area (Å²) in [7, 11) is 1.43.